The average molecular weight is 365 g/mol. The van der Waals surface area contributed by atoms with E-state index in [9.17, 15) is 4.79 Å². The van der Waals surface area contributed by atoms with Crippen molar-refractivity contribution in [2.24, 2.45) is 0 Å². The van der Waals surface area contributed by atoms with Gasteiger partial charge >= 0.3 is 0 Å². The molecule has 2 rings (SSSR count). The van der Waals surface area contributed by atoms with Gasteiger partial charge in [0.25, 0.3) is 0 Å². The van der Waals surface area contributed by atoms with Crippen LogP contribution in [0, 0.1) is 6.92 Å². The number of carbonyl (C=O) groups is 1. The minimum absolute atomic E-state index is 0.173. The maximum Gasteiger partial charge on any atom is 0.233 e. The molecule has 1 heterocycles. The summed E-state index contributed by atoms with van der Waals surface area (Å²) < 4.78 is 0.811. The van der Waals surface area contributed by atoms with Gasteiger partial charge in [0.1, 0.15) is 0 Å². The van der Waals surface area contributed by atoms with Crippen LogP contribution in [-0.4, -0.2) is 39.8 Å². The quantitative estimate of drug-likeness (QED) is 0.671. The normalized spacial score (nSPS) is 10.6. The number of hydrogen-bond acceptors (Lipinski definition) is 6. The van der Waals surface area contributed by atoms with Gasteiger partial charge in [-0.15, -0.1) is 10.2 Å². The summed E-state index contributed by atoms with van der Waals surface area (Å²) in [6.07, 6.45) is 1.97. The van der Waals surface area contributed by atoms with E-state index in [2.05, 4.69) is 36.3 Å². The molecule has 2 aromatic rings. The largest absolute Gasteiger partial charge is 0.342 e. The van der Waals surface area contributed by atoms with Crippen molar-refractivity contribution >= 4 is 39.8 Å². The molecule has 0 spiro atoms. The van der Waals surface area contributed by atoms with Crippen LogP contribution in [-0.2, 0) is 4.79 Å². The maximum absolute atomic E-state index is 12.3. The number of anilines is 2. The van der Waals surface area contributed by atoms with Gasteiger partial charge in [-0.25, -0.2) is 0 Å². The first-order valence-electron chi connectivity index (χ1n) is 8.20. The van der Waals surface area contributed by atoms with Crippen molar-refractivity contribution in [3.05, 3.63) is 29.8 Å². The first kappa shape index (κ1) is 18.7. The molecule has 0 aliphatic rings. The van der Waals surface area contributed by atoms with Crippen LogP contribution in [0.15, 0.2) is 28.6 Å². The molecule has 0 aliphatic carbocycles. The van der Waals surface area contributed by atoms with Crippen LogP contribution in [0.4, 0.5) is 10.8 Å². The fraction of sp³-hybridized carbons (Fsp3) is 0.471. The van der Waals surface area contributed by atoms with Crippen LogP contribution >= 0.6 is 23.1 Å². The number of rotatable bonds is 9. The minimum Gasteiger partial charge on any atom is -0.342 e. The molecular weight excluding hydrogens is 340 g/mol. The van der Waals surface area contributed by atoms with E-state index in [0.717, 1.165) is 41.1 Å². The van der Waals surface area contributed by atoms with E-state index >= 15 is 0 Å². The van der Waals surface area contributed by atoms with E-state index in [4.69, 9.17) is 0 Å². The molecular formula is C17H24N4OS2. The number of carbonyl (C=O) groups excluding carboxylic acids is 1. The van der Waals surface area contributed by atoms with Crippen molar-refractivity contribution in [1.82, 2.24) is 15.1 Å². The highest BCUT2D eigenvalue weighted by Crippen LogP contribution is 2.27. The highest BCUT2D eigenvalue weighted by atomic mass is 32.2. The Labute approximate surface area is 151 Å². The Kier molecular flexibility index (Phi) is 7.52. The molecule has 0 aliphatic heterocycles. The lowest BCUT2D eigenvalue weighted by Crippen LogP contribution is -2.33. The molecule has 5 nitrogen and oxygen atoms in total. The van der Waals surface area contributed by atoms with Crippen molar-refractivity contribution < 1.29 is 4.79 Å². The second kappa shape index (κ2) is 9.64. The third-order valence-corrected chi connectivity index (χ3v) is 5.32. The van der Waals surface area contributed by atoms with E-state index in [1.807, 2.05) is 29.2 Å². The molecule has 130 valence electrons. The molecule has 1 aromatic heterocycles. The molecule has 1 amide bonds. The van der Waals surface area contributed by atoms with E-state index in [0.29, 0.717) is 5.75 Å². The van der Waals surface area contributed by atoms with Gasteiger partial charge in [-0.1, -0.05) is 54.6 Å². The third-order valence-electron chi connectivity index (χ3n) is 3.37. The molecule has 0 bridgehead atoms. The summed E-state index contributed by atoms with van der Waals surface area (Å²) in [7, 11) is 0. The van der Waals surface area contributed by atoms with Crippen molar-refractivity contribution in [3.63, 3.8) is 0 Å². The average Bonchev–Trinajstić information content (AvgIpc) is 3.02. The van der Waals surface area contributed by atoms with Crippen molar-refractivity contribution in [2.75, 3.05) is 24.2 Å². The van der Waals surface area contributed by atoms with Crippen molar-refractivity contribution in [2.45, 2.75) is 38.0 Å². The van der Waals surface area contributed by atoms with Gasteiger partial charge in [0.2, 0.25) is 11.0 Å². The smallest absolute Gasteiger partial charge is 0.233 e. The van der Waals surface area contributed by atoms with Gasteiger partial charge < -0.3 is 10.2 Å². The fourth-order valence-electron chi connectivity index (χ4n) is 2.19. The Balaban J connectivity index is 1.86. The highest BCUT2D eigenvalue weighted by Gasteiger charge is 2.14. The summed E-state index contributed by atoms with van der Waals surface area (Å²) in [6.45, 7) is 7.89. The van der Waals surface area contributed by atoms with Crippen LogP contribution < -0.4 is 5.32 Å². The molecule has 24 heavy (non-hydrogen) atoms. The Morgan fingerprint density at radius 1 is 1.17 bits per heavy atom. The lowest BCUT2D eigenvalue weighted by atomic mass is 10.2. The number of hydrogen-bond donors (Lipinski definition) is 1. The van der Waals surface area contributed by atoms with Crippen LogP contribution in [0.5, 0.6) is 0 Å². The predicted molar refractivity (Wildman–Crippen MR) is 102 cm³/mol. The standard InChI is InChI=1S/C17H24N4OS2/c1-4-10-21(11-5-2)15(22)12-23-17-20-19-16(24-17)18-14-8-6-13(3)7-9-14/h6-9H,4-5,10-12H2,1-3H3,(H,18,19). The van der Waals surface area contributed by atoms with Crippen LogP contribution in [0.1, 0.15) is 32.3 Å². The summed E-state index contributed by atoms with van der Waals surface area (Å²) >= 11 is 2.93. The van der Waals surface area contributed by atoms with Crippen LogP contribution in [0.2, 0.25) is 0 Å². The second-order valence-corrected chi connectivity index (χ2v) is 7.73. The number of thioether (sulfide) groups is 1. The highest BCUT2D eigenvalue weighted by molar-refractivity contribution is 8.01. The number of nitrogens with zero attached hydrogens (tertiary/aromatic N) is 3. The first-order valence-corrected chi connectivity index (χ1v) is 10.00. The Hall–Kier alpha value is -1.60. The summed E-state index contributed by atoms with van der Waals surface area (Å²) in [4.78, 5) is 14.2. The third kappa shape index (κ3) is 5.79. The molecule has 1 aromatic carbocycles. The number of aryl methyl sites for hydroxylation is 1. The Morgan fingerprint density at radius 3 is 2.46 bits per heavy atom. The van der Waals surface area contributed by atoms with E-state index < -0.39 is 0 Å². The lowest BCUT2D eigenvalue weighted by Gasteiger charge is -2.20. The minimum atomic E-state index is 0.173. The maximum atomic E-state index is 12.3. The molecule has 0 radical (unpaired) electrons. The van der Waals surface area contributed by atoms with Gasteiger partial charge in [0.15, 0.2) is 4.34 Å². The molecule has 7 heteroatoms. The van der Waals surface area contributed by atoms with Gasteiger partial charge in [0.05, 0.1) is 5.75 Å². The number of amides is 1. The summed E-state index contributed by atoms with van der Waals surface area (Å²) in [5.74, 6) is 0.589. The second-order valence-electron chi connectivity index (χ2n) is 5.53. The summed E-state index contributed by atoms with van der Waals surface area (Å²) in [5.41, 5.74) is 2.21. The number of benzene rings is 1. The van der Waals surface area contributed by atoms with Crippen molar-refractivity contribution in [1.29, 1.82) is 0 Å². The summed E-state index contributed by atoms with van der Waals surface area (Å²) in [6, 6.07) is 8.13. The summed E-state index contributed by atoms with van der Waals surface area (Å²) in [5, 5.41) is 12.3. The van der Waals surface area contributed by atoms with Crippen molar-refractivity contribution in [3.8, 4) is 0 Å². The van der Waals surface area contributed by atoms with E-state index in [1.54, 1.807) is 0 Å². The van der Waals surface area contributed by atoms with Gasteiger partial charge in [0, 0.05) is 18.8 Å². The zero-order valence-corrected chi connectivity index (χ0v) is 16.0. The fourth-order valence-corrected chi connectivity index (χ4v) is 3.87. The van der Waals surface area contributed by atoms with Crippen LogP contribution in [0.25, 0.3) is 0 Å². The monoisotopic (exact) mass is 364 g/mol. The van der Waals surface area contributed by atoms with Gasteiger partial charge in [-0.05, 0) is 31.9 Å². The predicted octanol–water partition coefficient (Wildman–Crippen LogP) is 4.33. The molecule has 1 N–H and O–H groups in total. The van der Waals surface area contributed by atoms with E-state index in [1.165, 1.54) is 28.7 Å². The Bertz CT molecular complexity index is 636. The topological polar surface area (TPSA) is 58.1 Å². The van der Waals surface area contributed by atoms with E-state index in [-0.39, 0.29) is 5.91 Å². The molecule has 0 saturated heterocycles. The Morgan fingerprint density at radius 2 is 1.83 bits per heavy atom. The zero-order valence-electron chi connectivity index (χ0n) is 14.4. The zero-order chi connectivity index (χ0) is 17.4. The van der Waals surface area contributed by atoms with Gasteiger partial charge in [-0.2, -0.15) is 0 Å². The molecule has 0 atom stereocenters. The number of aromatic nitrogens is 2. The lowest BCUT2D eigenvalue weighted by molar-refractivity contribution is -0.128. The van der Waals surface area contributed by atoms with Crippen LogP contribution in [0.3, 0.4) is 0 Å². The SMILES string of the molecule is CCCN(CCC)C(=O)CSc1nnc(Nc2ccc(C)cc2)s1. The number of nitrogens with one attached hydrogen (secondary N) is 1. The first-order chi connectivity index (χ1) is 11.6. The van der Waals surface area contributed by atoms with Gasteiger partial charge in [-0.3, -0.25) is 4.79 Å². The molecule has 0 saturated carbocycles. The molecule has 0 unspecified atom stereocenters. The molecule has 0 fully saturated rings.